The van der Waals surface area contributed by atoms with Crippen LogP contribution in [0.5, 0.6) is 0 Å². The second-order valence-electron chi connectivity index (χ2n) is 8.43. The van der Waals surface area contributed by atoms with Crippen molar-refractivity contribution in [3.8, 4) is 0 Å². The van der Waals surface area contributed by atoms with Crippen molar-refractivity contribution >= 4 is 28.7 Å². The Hall–Kier alpha value is -2.68. The molecule has 0 N–H and O–H groups in total. The van der Waals surface area contributed by atoms with E-state index < -0.39 is 0 Å². The molecule has 2 saturated heterocycles. The Bertz CT molecular complexity index is 916. The standard InChI is InChI=1S/C23H31N5O3S/c1-3-31-23(30)28-14-12-26(13-15-28)21(29)19-8-10-27(11-9-19)22-24-20(25-32-22)16-18-6-4-17(2)5-7-18/h4-7,19H,3,8-16H2,1-2H3. The molecule has 9 heteroatoms. The summed E-state index contributed by atoms with van der Waals surface area (Å²) in [5, 5.41) is 0.945. The zero-order chi connectivity index (χ0) is 22.5. The van der Waals surface area contributed by atoms with Gasteiger partial charge in [0.2, 0.25) is 11.0 Å². The van der Waals surface area contributed by atoms with Gasteiger partial charge in [-0.1, -0.05) is 29.8 Å². The van der Waals surface area contributed by atoms with Crippen LogP contribution in [0.25, 0.3) is 0 Å². The average Bonchev–Trinajstić information content (AvgIpc) is 3.29. The Labute approximate surface area is 193 Å². The number of aryl methyl sites for hydroxylation is 1. The first-order valence-electron chi connectivity index (χ1n) is 11.4. The van der Waals surface area contributed by atoms with E-state index in [0.29, 0.717) is 32.8 Å². The van der Waals surface area contributed by atoms with Crippen LogP contribution in [0.1, 0.15) is 36.7 Å². The van der Waals surface area contributed by atoms with Gasteiger partial charge in [0.15, 0.2) is 0 Å². The number of piperidine rings is 1. The molecule has 0 bridgehead atoms. The number of amides is 2. The lowest BCUT2D eigenvalue weighted by Crippen LogP contribution is -2.53. The molecule has 0 unspecified atom stereocenters. The number of carbonyl (C=O) groups excluding carboxylic acids is 2. The van der Waals surface area contributed by atoms with Gasteiger partial charge in [0, 0.05) is 63.1 Å². The molecular formula is C23H31N5O3S. The predicted octanol–water partition coefficient (Wildman–Crippen LogP) is 2.95. The van der Waals surface area contributed by atoms with Gasteiger partial charge in [-0.05, 0) is 32.3 Å². The van der Waals surface area contributed by atoms with Gasteiger partial charge in [-0.2, -0.15) is 4.37 Å². The van der Waals surface area contributed by atoms with Crippen LogP contribution in [-0.4, -0.2) is 77.0 Å². The van der Waals surface area contributed by atoms with Crippen molar-refractivity contribution in [3.05, 3.63) is 41.2 Å². The van der Waals surface area contributed by atoms with Gasteiger partial charge in [-0.25, -0.2) is 9.78 Å². The Kier molecular flexibility index (Phi) is 7.24. The summed E-state index contributed by atoms with van der Waals surface area (Å²) in [5.74, 6) is 1.11. The van der Waals surface area contributed by atoms with Crippen molar-refractivity contribution in [1.82, 2.24) is 19.2 Å². The number of hydrogen-bond acceptors (Lipinski definition) is 7. The van der Waals surface area contributed by atoms with Crippen molar-refractivity contribution < 1.29 is 14.3 Å². The maximum atomic E-state index is 13.0. The summed E-state index contributed by atoms with van der Waals surface area (Å²) in [5.41, 5.74) is 2.46. The van der Waals surface area contributed by atoms with Gasteiger partial charge in [0.1, 0.15) is 5.82 Å². The largest absolute Gasteiger partial charge is 0.450 e. The zero-order valence-electron chi connectivity index (χ0n) is 18.8. The molecule has 3 heterocycles. The van der Waals surface area contributed by atoms with Crippen molar-refractivity contribution in [1.29, 1.82) is 0 Å². The molecule has 2 fully saturated rings. The van der Waals surface area contributed by atoms with E-state index in [9.17, 15) is 9.59 Å². The first-order valence-corrected chi connectivity index (χ1v) is 12.1. The maximum absolute atomic E-state index is 13.0. The molecule has 0 radical (unpaired) electrons. The number of benzene rings is 1. The van der Waals surface area contributed by atoms with Crippen LogP contribution in [0.2, 0.25) is 0 Å². The fourth-order valence-corrected chi connectivity index (χ4v) is 4.97. The third-order valence-electron chi connectivity index (χ3n) is 6.17. The van der Waals surface area contributed by atoms with Gasteiger partial charge in [-0.3, -0.25) is 4.79 Å². The van der Waals surface area contributed by atoms with Crippen LogP contribution >= 0.6 is 11.5 Å². The van der Waals surface area contributed by atoms with E-state index in [4.69, 9.17) is 9.72 Å². The van der Waals surface area contributed by atoms with E-state index >= 15 is 0 Å². The van der Waals surface area contributed by atoms with Gasteiger partial charge in [0.25, 0.3) is 0 Å². The predicted molar refractivity (Wildman–Crippen MR) is 124 cm³/mol. The van der Waals surface area contributed by atoms with Crippen LogP contribution in [-0.2, 0) is 16.0 Å². The minimum Gasteiger partial charge on any atom is -0.450 e. The lowest BCUT2D eigenvalue weighted by molar-refractivity contribution is -0.137. The number of carbonyl (C=O) groups is 2. The van der Waals surface area contributed by atoms with Gasteiger partial charge in [-0.15, -0.1) is 0 Å². The minimum absolute atomic E-state index is 0.0420. The zero-order valence-corrected chi connectivity index (χ0v) is 19.6. The Balaban J connectivity index is 1.25. The van der Waals surface area contributed by atoms with Crippen molar-refractivity contribution in [2.45, 2.75) is 33.1 Å². The smallest absolute Gasteiger partial charge is 0.409 e. The molecule has 8 nitrogen and oxygen atoms in total. The molecule has 2 aromatic rings. The summed E-state index contributed by atoms with van der Waals surface area (Å²) < 4.78 is 9.60. The fourth-order valence-electron chi connectivity index (χ4n) is 4.23. The number of hydrogen-bond donors (Lipinski definition) is 0. The first-order chi connectivity index (χ1) is 15.5. The second-order valence-corrected chi connectivity index (χ2v) is 9.16. The van der Waals surface area contributed by atoms with E-state index in [1.165, 1.54) is 22.7 Å². The van der Waals surface area contributed by atoms with Crippen LogP contribution in [0.3, 0.4) is 0 Å². The normalized spacial score (nSPS) is 17.5. The molecule has 2 aliphatic heterocycles. The van der Waals surface area contributed by atoms with Gasteiger partial charge >= 0.3 is 6.09 Å². The number of piperazine rings is 1. The number of nitrogens with zero attached hydrogens (tertiary/aromatic N) is 5. The lowest BCUT2D eigenvalue weighted by Gasteiger charge is -2.38. The van der Waals surface area contributed by atoms with Crippen molar-refractivity contribution in [2.24, 2.45) is 5.92 Å². The highest BCUT2D eigenvalue weighted by Crippen LogP contribution is 2.27. The van der Waals surface area contributed by atoms with Gasteiger partial charge < -0.3 is 19.4 Å². The molecule has 172 valence electrons. The van der Waals surface area contributed by atoms with Crippen LogP contribution in [0, 0.1) is 12.8 Å². The Morgan fingerprint density at radius 2 is 1.69 bits per heavy atom. The third-order valence-corrected chi connectivity index (χ3v) is 6.99. The van der Waals surface area contributed by atoms with E-state index in [-0.39, 0.29) is 17.9 Å². The maximum Gasteiger partial charge on any atom is 0.409 e. The van der Waals surface area contributed by atoms with Crippen molar-refractivity contribution in [2.75, 3.05) is 50.8 Å². The molecule has 2 aliphatic rings. The third kappa shape index (κ3) is 5.38. The summed E-state index contributed by atoms with van der Waals surface area (Å²) in [6.45, 7) is 8.13. The van der Waals surface area contributed by atoms with E-state index in [0.717, 1.165) is 43.3 Å². The highest BCUT2D eigenvalue weighted by atomic mass is 32.1. The highest BCUT2D eigenvalue weighted by molar-refractivity contribution is 7.09. The Morgan fingerprint density at radius 1 is 1.03 bits per heavy atom. The van der Waals surface area contributed by atoms with E-state index in [1.54, 1.807) is 11.8 Å². The summed E-state index contributed by atoms with van der Waals surface area (Å²) >= 11 is 1.44. The molecule has 1 aromatic carbocycles. The average molecular weight is 458 g/mol. The minimum atomic E-state index is -0.285. The lowest BCUT2D eigenvalue weighted by atomic mass is 9.95. The summed E-state index contributed by atoms with van der Waals surface area (Å²) in [6, 6.07) is 8.47. The number of aromatic nitrogens is 2. The number of ether oxygens (including phenoxy) is 1. The molecule has 2 amide bonds. The van der Waals surface area contributed by atoms with Crippen LogP contribution < -0.4 is 4.90 Å². The number of anilines is 1. The second kappa shape index (κ2) is 10.3. The molecule has 4 rings (SSSR count). The molecule has 1 aromatic heterocycles. The summed E-state index contributed by atoms with van der Waals surface area (Å²) in [4.78, 5) is 35.4. The van der Waals surface area contributed by atoms with E-state index in [2.05, 4.69) is 40.5 Å². The summed E-state index contributed by atoms with van der Waals surface area (Å²) in [7, 11) is 0. The molecule has 0 aliphatic carbocycles. The van der Waals surface area contributed by atoms with Crippen LogP contribution in [0.15, 0.2) is 24.3 Å². The quantitative estimate of drug-likeness (QED) is 0.687. The van der Waals surface area contributed by atoms with Gasteiger partial charge in [0.05, 0.1) is 6.61 Å². The topological polar surface area (TPSA) is 78.9 Å². The molecule has 0 atom stereocenters. The Morgan fingerprint density at radius 3 is 2.34 bits per heavy atom. The first kappa shape index (κ1) is 22.5. The highest BCUT2D eigenvalue weighted by Gasteiger charge is 2.32. The monoisotopic (exact) mass is 457 g/mol. The molecule has 32 heavy (non-hydrogen) atoms. The summed E-state index contributed by atoms with van der Waals surface area (Å²) in [6.07, 6.45) is 2.10. The van der Waals surface area contributed by atoms with Crippen LogP contribution in [0.4, 0.5) is 9.93 Å². The van der Waals surface area contributed by atoms with E-state index in [1.807, 2.05) is 4.90 Å². The molecule has 0 spiro atoms. The molecular weight excluding hydrogens is 426 g/mol. The van der Waals surface area contributed by atoms with Crippen molar-refractivity contribution in [3.63, 3.8) is 0 Å². The number of rotatable bonds is 5. The fraction of sp³-hybridized carbons (Fsp3) is 0.565. The SMILES string of the molecule is CCOC(=O)N1CCN(C(=O)C2CCN(c3nc(Cc4ccc(C)cc4)ns3)CC2)CC1. The molecule has 0 saturated carbocycles.